The number of allylic oxidation sites excluding steroid dienone is 1. The highest BCUT2D eigenvalue weighted by Crippen LogP contribution is 2.33. The van der Waals surface area contributed by atoms with Gasteiger partial charge >= 0.3 is 6.09 Å². The number of rotatable bonds is 10. The van der Waals surface area contributed by atoms with Gasteiger partial charge in [-0.15, -0.1) is 0 Å². The quantitative estimate of drug-likeness (QED) is 0.208. The molecule has 0 spiro atoms. The Bertz CT molecular complexity index is 1420. The number of alkyl carbamates (subject to hydrolysis) is 1. The van der Waals surface area contributed by atoms with Crippen LogP contribution in [0.4, 0.5) is 10.6 Å². The second-order valence-electron chi connectivity index (χ2n) is 7.96. The molecule has 1 aromatic heterocycles. The number of aliphatic imine (C=N–C) groups is 1. The van der Waals surface area contributed by atoms with E-state index in [0.717, 1.165) is 27.6 Å². The van der Waals surface area contributed by atoms with Crippen molar-refractivity contribution in [2.24, 2.45) is 10.7 Å². The van der Waals surface area contributed by atoms with Crippen LogP contribution in [0.25, 0.3) is 27.6 Å². The van der Waals surface area contributed by atoms with Crippen LogP contribution in [0.1, 0.15) is 11.4 Å². The van der Waals surface area contributed by atoms with Crippen molar-refractivity contribution in [1.82, 2.24) is 15.3 Å². The van der Waals surface area contributed by atoms with E-state index in [1.807, 2.05) is 78.9 Å². The Balaban J connectivity index is 1.56. The first-order chi connectivity index (χ1) is 18.2. The van der Waals surface area contributed by atoms with Crippen molar-refractivity contribution in [3.05, 3.63) is 109 Å². The summed E-state index contributed by atoms with van der Waals surface area (Å²) in [4.78, 5) is 25.7. The zero-order valence-corrected chi connectivity index (χ0v) is 20.3. The number of aromatic nitrogens is 2. The van der Waals surface area contributed by atoms with Gasteiger partial charge in [0.15, 0.2) is 5.82 Å². The van der Waals surface area contributed by atoms with Crippen molar-refractivity contribution in [3.8, 4) is 11.1 Å². The number of nitrogens with two attached hydrogens (primary N) is 1. The molecule has 0 aliphatic rings. The molecule has 37 heavy (non-hydrogen) atoms. The molecule has 0 bridgehead atoms. The van der Waals surface area contributed by atoms with Crippen LogP contribution in [-0.2, 0) is 11.3 Å². The fraction of sp³-hybridized carbons (Fsp3) is 0.103. The summed E-state index contributed by atoms with van der Waals surface area (Å²) >= 11 is 0. The van der Waals surface area contributed by atoms with Crippen molar-refractivity contribution in [2.75, 3.05) is 18.4 Å². The fourth-order valence-electron chi connectivity index (χ4n) is 3.73. The third kappa shape index (κ3) is 6.58. The number of nitrogens with zero attached hydrogens (tertiary/aromatic N) is 3. The monoisotopic (exact) mass is 492 g/mol. The van der Waals surface area contributed by atoms with Crippen molar-refractivity contribution in [2.45, 2.75) is 6.61 Å². The summed E-state index contributed by atoms with van der Waals surface area (Å²) in [5.41, 5.74) is 10.1. The van der Waals surface area contributed by atoms with E-state index in [0.29, 0.717) is 30.3 Å². The third-order valence-electron chi connectivity index (χ3n) is 5.46. The summed E-state index contributed by atoms with van der Waals surface area (Å²) in [6.07, 6.45) is 3.89. The standard InChI is InChI=1S/C29H28N6O2/c1-2-31-19-23(18-30)27-34-25-15-9-14-24(22-12-7-4-8-13-22)26(25)28(35-27)32-16-17-33-29(36)37-20-21-10-5-3-6-11-21/h2-15,18-19H,1,16-17,20,30H2,(H,33,36)(H,32,34,35)/b23-18+,31-19?. The van der Waals surface area contributed by atoms with Crippen LogP contribution >= 0.6 is 0 Å². The van der Waals surface area contributed by atoms with E-state index in [-0.39, 0.29) is 6.61 Å². The van der Waals surface area contributed by atoms with Crippen LogP contribution in [0, 0.1) is 0 Å². The summed E-state index contributed by atoms with van der Waals surface area (Å²) in [5.74, 6) is 1.04. The maximum atomic E-state index is 12.1. The number of fused-ring (bicyclic) bond motifs is 1. The molecule has 186 valence electrons. The lowest BCUT2D eigenvalue weighted by Crippen LogP contribution is -2.29. The SMILES string of the molecule is C=CN=C/C(=C\N)c1nc(NCCNC(=O)OCc2ccccc2)c2c(-c3ccccc3)cccc2n1. The molecule has 8 nitrogen and oxygen atoms in total. The number of carbonyl (C=O) groups is 1. The Morgan fingerprint density at radius 3 is 2.46 bits per heavy atom. The van der Waals surface area contributed by atoms with E-state index >= 15 is 0 Å². The Morgan fingerprint density at radius 2 is 1.73 bits per heavy atom. The third-order valence-corrected chi connectivity index (χ3v) is 5.46. The van der Waals surface area contributed by atoms with Crippen LogP contribution in [0.15, 0.2) is 103 Å². The lowest BCUT2D eigenvalue weighted by atomic mass is 10.0. The first-order valence-electron chi connectivity index (χ1n) is 11.8. The maximum Gasteiger partial charge on any atom is 0.407 e. The van der Waals surface area contributed by atoms with Gasteiger partial charge in [0.1, 0.15) is 12.4 Å². The Kier molecular flexibility index (Phi) is 8.59. The molecule has 0 radical (unpaired) electrons. The van der Waals surface area contributed by atoms with Gasteiger partial charge in [-0.3, -0.25) is 4.99 Å². The molecule has 0 aliphatic carbocycles. The Hall–Kier alpha value is -4.98. The zero-order chi connectivity index (χ0) is 25.9. The summed E-state index contributed by atoms with van der Waals surface area (Å²) in [6, 6.07) is 25.5. The van der Waals surface area contributed by atoms with Crippen LogP contribution in [0.2, 0.25) is 0 Å². The highest BCUT2D eigenvalue weighted by atomic mass is 16.5. The van der Waals surface area contributed by atoms with E-state index in [1.54, 1.807) is 6.21 Å². The number of anilines is 1. The summed E-state index contributed by atoms with van der Waals surface area (Å²) < 4.78 is 5.28. The van der Waals surface area contributed by atoms with Gasteiger partial charge in [0.2, 0.25) is 0 Å². The highest BCUT2D eigenvalue weighted by Gasteiger charge is 2.15. The molecule has 8 heteroatoms. The smallest absolute Gasteiger partial charge is 0.407 e. The molecule has 0 saturated heterocycles. The number of hydrogen-bond acceptors (Lipinski definition) is 7. The van der Waals surface area contributed by atoms with E-state index in [9.17, 15) is 4.79 Å². The molecular formula is C29H28N6O2. The normalized spacial score (nSPS) is 11.4. The van der Waals surface area contributed by atoms with Gasteiger partial charge < -0.3 is 21.1 Å². The van der Waals surface area contributed by atoms with E-state index < -0.39 is 6.09 Å². The molecule has 0 aliphatic heterocycles. The van der Waals surface area contributed by atoms with Gasteiger partial charge in [-0.1, -0.05) is 79.4 Å². The molecule has 4 N–H and O–H groups in total. The van der Waals surface area contributed by atoms with Crippen molar-refractivity contribution >= 4 is 34.6 Å². The molecule has 0 unspecified atom stereocenters. The molecule has 4 aromatic rings. The molecule has 0 saturated carbocycles. The minimum atomic E-state index is -0.488. The van der Waals surface area contributed by atoms with E-state index in [1.165, 1.54) is 12.4 Å². The number of nitrogens with one attached hydrogen (secondary N) is 2. The largest absolute Gasteiger partial charge is 0.445 e. The molecule has 0 atom stereocenters. The number of benzene rings is 3. The van der Waals surface area contributed by atoms with Crippen molar-refractivity contribution in [3.63, 3.8) is 0 Å². The van der Waals surface area contributed by atoms with Crippen molar-refractivity contribution in [1.29, 1.82) is 0 Å². The topological polar surface area (TPSA) is 115 Å². The van der Waals surface area contributed by atoms with Crippen molar-refractivity contribution < 1.29 is 9.53 Å². The Labute approximate surface area is 215 Å². The summed E-state index contributed by atoms with van der Waals surface area (Å²) in [7, 11) is 0. The van der Waals surface area contributed by atoms with Gasteiger partial charge in [-0.25, -0.2) is 14.8 Å². The molecule has 1 heterocycles. The second kappa shape index (κ2) is 12.6. The van der Waals surface area contributed by atoms with Gasteiger partial charge in [0.25, 0.3) is 0 Å². The predicted octanol–water partition coefficient (Wildman–Crippen LogP) is 5.15. The first-order valence-corrected chi connectivity index (χ1v) is 11.8. The van der Waals surface area contributed by atoms with Crippen LogP contribution in [-0.4, -0.2) is 35.4 Å². The number of amides is 1. The van der Waals surface area contributed by atoms with Gasteiger partial charge in [0, 0.05) is 31.7 Å². The number of ether oxygens (including phenoxy) is 1. The molecular weight excluding hydrogens is 464 g/mol. The minimum Gasteiger partial charge on any atom is -0.445 e. The van der Waals surface area contributed by atoms with Gasteiger partial charge in [-0.05, 0) is 22.8 Å². The minimum absolute atomic E-state index is 0.209. The van der Waals surface area contributed by atoms with E-state index in [2.05, 4.69) is 22.2 Å². The average molecular weight is 493 g/mol. The van der Waals surface area contributed by atoms with Gasteiger partial charge in [-0.2, -0.15) is 0 Å². The maximum absolute atomic E-state index is 12.1. The average Bonchev–Trinajstić information content (AvgIpc) is 2.95. The first kappa shape index (κ1) is 25.1. The highest BCUT2D eigenvalue weighted by molar-refractivity contribution is 6.10. The second-order valence-corrected chi connectivity index (χ2v) is 7.96. The van der Waals surface area contributed by atoms with Crippen LogP contribution in [0.5, 0.6) is 0 Å². The molecule has 1 amide bonds. The Morgan fingerprint density at radius 1 is 0.973 bits per heavy atom. The molecule has 0 fully saturated rings. The number of hydrogen-bond donors (Lipinski definition) is 3. The lowest BCUT2D eigenvalue weighted by molar-refractivity contribution is 0.140. The van der Waals surface area contributed by atoms with E-state index in [4.69, 9.17) is 20.4 Å². The van der Waals surface area contributed by atoms with Gasteiger partial charge in [0.05, 0.1) is 16.5 Å². The lowest BCUT2D eigenvalue weighted by Gasteiger charge is -2.15. The molecule has 3 aromatic carbocycles. The summed E-state index contributed by atoms with van der Waals surface area (Å²) in [5, 5.41) is 6.97. The van der Waals surface area contributed by atoms with Crippen LogP contribution in [0.3, 0.4) is 0 Å². The predicted molar refractivity (Wildman–Crippen MR) is 149 cm³/mol. The number of carbonyl (C=O) groups excluding carboxylic acids is 1. The fourth-order valence-corrected chi connectivity index (χ4v) is 3.73. The zero-order valence-electron chi connectivity index (χ0n) is 20.3. The van der Waals surface area contributed by atoms with Crippen LogP contribution < -0.4 is 16.4 Å². The molecule has 4 rings (SSSR count). The summed E-state index contributed by atoms with van der Waals surface area (Å²) in [6.45, 7) is 4.56.